The van der Waals surface area contributed by atoms with E-state index in [1.54, 1.807) is 6.21 Å². The van der Waals surface area contributed by atoms with Crippen LogP contribution in [0.15, 0.2) is 23.4 Å². The van der Waals surface area contributed by atoms with Gasteiger partial charge in [0.05, 0.1) is 24.1 Å². The number of aryl methyl sites for hydroxylation is 1. The summed E-state index contributed by atoms with van der Waals surface area (Å²) in [7, 11) is -1.36. The summed E-state index contributed by atoms with van der Waals surface area (Å²) in [6.07, 6.45) is 5.98. The summed E-state index contributed by atoms with van der Waals surface area (Å²) in [6.45, 7) is 0.708. The second-order valence-corrected chi connectivity index (χ2v) is 7.22. The van der Waals surface area contributed by atoms with Crippen LogP contribution in [0.1, 0.15) is 18.5 Å². The Hall–Kier alpha value is -1.67. The van der Waals surface area contributed by atoms with Crippen molar-refractivity contribution in [2.75, 3.05) is 19.3 Å². The summed E-state index contributed by atoms with van der Waals surface area (Å²) in [5, 5.41) is 3.92. The van der Waals surface area contributed by atoms with Crippen LogP contribution < -0.4 is 5.43 Å². The lowest BCUT2D eigenvalue weighted by molar-refractivity contribution is -0.126. The van der Waals surface area contributed by atoms with Crippen LogP contribution >= 0.6 is 0 Å². The molecule has 0 aliphatic carbocycles. The van der Waals surface area contributed by atoms with E-state index in [2.05, 4.69) is 10.5 Å². The highest BCUT2D eigenvalue weighted by Crippen LogP contribution is 2.18. The zero-order chi connectivity index (χ0) is 15.5. The highest BCUT2D eigenvalue weighted by molar-refractivity contribution is 7.88. The fourth-order valence-corrected chi connectivity index (χ4v) is 3.23. The number of hydrogen-bond donors (Lipinski definition) is 1. The van der Waals surface area contributed by atoms with Crippen molar-refractivity contribution in [3.8, 4) is 0 Å². The molecule has 2 heterocycles. The van der Waals surface area contributed by atoms with E-state index in [0.29, 0.717) is 19.4 Å². The van der Waals surface area contributed by atoms with Crippen molar-refractivity contribution < 1.29 is 13.2 Å². The first-order valence-electron chi connectivity index (χ1n) is 6.77. The predicted octanol–water partition coefficient (Wildman–Crippen LogP) is 0.147. The number of sulfonamides is 1. The molecular weight excluding hydrogens is 292 g/mol. The van der Waals surface area contributed by atoms with Crippen LogP contribution in [0.25, 0.3) is 0 Å². The van der Waals surface area contributed by atoms with E-state index in [1.807, 2.05) is 29.9 Å². The molecule has 21 heavy (non-hydrogen) atoms. The third-order valence-corrected chi connectivity index (χ3v) is 4.85. The van der Waals surface area contributed by atoms with Crippen LogP contribution in [0.2, 0.25) is 0 Å². The average molecular weight is 312 g/mol. The molecule has 1 aromatic heterocycles. The van der Waals surface area contributed by atoms with Crippen molar-refractivity contribution >= 4 is 22.1 Å². The van der Waals surface area contributed by atoms with Gasteiger partial charge in [0.1, 0.15) is 0 Å². The van der Waals surface area contributed by atoms with E-state index >= 15 is 0 Å². The van der Waals surface area contributed by atoms with Crippen molar-refractivity contribution in [1.82, 2.24) is 14.3 Å². The number of carbonyl (C=O) groups excluding carboxylic acids is 1. The minimum Gasteiger partial charge on any atom is -0.350 e. The third kappa shape index (κ3) is 4.15. The molecule has 2 rings (SSSR count). The van der Waals surface area contributed by atoms with Gasteiger partial charge in [-0.25, -0.2) is 18.1 Å². The number of amides is 1. The summed E-state index contributed by atoms with van der Waals surface area (Å²) in [6, 6.07) is 3.76. The van der Waals surface area contributed by atoms with Crippen molar-refractivity contribution in [3.05, 3.63) is 24.0 Å². The number of rotatable bonds is 4. The Bertz CT molecular complexity index is 636. The Kier molecular flexibility index (Phi) is 4.79. The maximum atomic E-state index is 12.0. The molecule has 1 atom stereocenters. The molecule has 0 unspecified atom stereocenters. The third-order valence-electron chi connectivity index (χ3n) is 3.58. The monoisotopic (exact) mass is 312 g/mol. The lowest BCUT2D eigenvalue weighted by Crippen LogP contribution is -2.44. The second kappa shape index (κ2) is 6.40. The molecule has 7 nitrogen and oxygen atoms in total. The van der Waals surface area contributed by atoms with Crippen LogP contribution in [0.4, 0.5) is 0 Å². The number of carbonyl (C=O) groups is 1. The van der Waals surface area contributed by atoms with Gasteiger partial charge in [0, 0.05) is 26.3 Å². The van der Waals surface area contributed by atoms with Gasteiger partial charge in [-0.05, 0) is 25.0 Å². The topological polar surface area (TPSA) is 83.8 Å². The van der Waals surface area contributed by atoms with Crippen molar-refractivity contribution in [2.45, 2.75) is 12.8 Å². The van der Waals surface area contributed by atoms with E-state index in [4.69, 9.17) is 0 Å². The Morgan fingerprint density at radius 1 is 1.52 bits per heavy atom. The quantitative estimate of drug-likeness (QED) is 0.634. The summed E-state index contributed by atoms with van der Waals surface area (Å²) >= 11 is 0. The van der Waals surface area contributed by atoms with E-state index < -0.39 is 10.0 Å². The Morgan fingerprint density at radius 3 is 2.90 bits per heavy atom. The Labute approximate surface area is 124 Å². The fraction of sp³-hybridized carbons (Fsp3) is 0.538. The molecule has 1 aliphatic heterocycles. The molecule has 116 valence electrons. The molecule has 1 amide bonds. The number of piperidine rings is 1. The summed E-state index contributed by atoms with van der Waals surface area (Å²) in [5.41, 5.74) is 3.36. The average Bonchev–Trinajstić information content (AvgIpc) is 2.83. The number of hydrogen-bond acceptors (Lipinski definition) is 4. The van der Waals surface area contributed by atoms with E-state index in [9.17, 15) is 13.2 Å². The molecule has 0 radical (unpaired) electrons. The van der Waals surface area contributed by atoms with Gasteiger partial charge in [-0.15, -0.1) is 0 Å². The van der Waals surface area contributed by atoms with Crippen LogP contribution in [0.5, 0.6) is 0 Å². The van der Waals surface area contributed by atoms with Crippen molar-refractivity contribution in [1.29, 1.82) is 0 Å². The molecule has 8 heteroatoms. The molecule has 1 N–H and O–H groups in total. The lowest BCUT2D eigenvalue weighted by atomic mass is 9.99. The van der Waals surface area contributed by atoms with Crippen molar-refractivity contribution in [3.63, 3.8) is 0 Å². The second-order valence-electron chi connectivity index (χ2n) is 5.24. The lowest BCUT2D eigenvalue weighted by Gasteiger charge is -2.29. The normalized spacial score (nSPS) is 20.8. The molecule has 0 aromatic carbocycles. The van der Waals surface area contributed by atoms with Gasteiger partial charge in [-0.3, -0.25) is 4.79 Å². The molecule has 1 aliphatic rings. The SMILES string of the molecule is Cn1cccc1/C=N\NC(=O)[C@H]1CCCN(S(C)(=O)=O)C1. The van der Waals surface area contributed by atoms with Crippen LogP contribution in [0, 0.1) is 5.92 Å². The van der Waals surface area contributed by atoms with Crippen LogP contribution in [-0.4, -0.2) is 48.8 Å². The predicted molar refractivity (Wildman–Crippen MR) is 80.3 cm³/mol. The molecule has 1 saturated heterocycles. The van der Waals surface area contributed by atoms with Crippen LogP contribution in [0.3, 0.4) is 0 Å². The minimum atomic E-state index is -3.24. The molecule has 0 saturated carbocycles. The van der Waals surface area contributed by atoms with E-state index in [1.165, 1.54) is 10.6 Å². The summed E-state index contributed by atoms with van der Waals surface area (Å²) in [5.74, 6) is -0.590. The van der Waals surface area contributed by atoms with Gasteiger partial charge >= 0.3 is 0 Å². The molecule has 1 aromatic rings. The first-order valence-corrected chi connectivity index (χ1v) is 8.62. The van der Waals surface area contributed by atoms with Gasteiger partial charge in [0.2, 0.25) is 15.9 Å². The largest absolute Gasteiger partial charge is 0.350 e. The highest BCUT2D eigenvalue weighted by Gasteiger charge is 2.29. The number of hydrazone groups is 1. The Balaban J connectivity index is 1.91. The van der Waals surface area contributed by atoms with Crippen molar-refractivity contribution in [2.24, 2.45) is 18.1 Å². The van der Waals surface area contributed by atoms with Gasteiger partial charge in [-0.2, -0.15) is 5.10 Å². The van der Waals surface area contributed by atoms with E-state index in [0.717, 1.165) is 5.69 Å². The Morgan fingerprint density at radius 2 is 2.29 bits per heavy atom. The zero-order valence-electron chi connectivity index (χ0n) is 12.2. The number of nitrogens with one attached hydrogen (secondary N) is 1. The van der Waals surface area contributed by atoms with Gasteiger partial charge < -0.3 is 4.57 Å². The first-order chi connectivity index (χ1) is 9.88. The number of nitrogens with zero attached hydrogens (tertiary/aromatic N) is 3. The zero-order valence-corrected chi connectivity index (χ0v) is 13.0. The molecule has 0 spiro atoms. The fourth-order valence-electron chi connectivity index (χ4n) is 2.32. The minimum absolute atomic E-state index is 0.227. The molecule has 0 bridgehead atoms. The first kappa shape index (κ1) is 15.7. The van der Waals surface area contributed by atoms with Gasteiger partial charge in [0.15, 0.2) is 0 Å². The summed E-state index contributed by atoms with van der Waals surface area (Å²) < 4.78 is 26.3. The van der Waals surface area contributed by atoms with E-state index in [-0.39, 0.29) is 18.4 Å². The maximum Gasteiger partial charge on any atom is 0.244 e. The van der Waals surface area contributed by atoms with Gasteiger partial charge in [-0.1, -0.05) is 0 Å². The summed E-state index contributed by atoms with van der Waals surface area (Å²) in [4.78, 5) is 12.0. The standard InChI is InChI=1S/C13H20N4O3S/c1-16-7-4-6-12(16)9-14-15-13(18)11-5-3-8-17(10-11)21(2,19)20/h4,6-7,9,11H,3,5,8,10H2,1-2H3,(H,15,18)/b14-9-/t11-/m0/s1. The maximum absolute atomic E-state index is 12.0. The highest BCUT2D eigenvalue weighted by atomic mass is 32.2. The smallest absolute Gasteiger partial charge is 0.244 e. The molecule has 1 fully saturated rings. The molecular formula is C13H20N4O3S. The number of aromatic nitrogens is 1. The van der Waals surface area contributed by atoms with Gasteiger partial charge in [0.25, 0.3) is 0 Å². The van der Waals surface area contributed by atoms with Crippen LogP contribution in [-0.2, 0) is 21.9 Å².